The van der Waals surface area contributed by atoms with E-state index < -0.39 is 10.7 Å². The number of fused-ring (bicyclic) bond motifs is 2. The number of hydrogen-bond acceptors (Lipinski definition) is 8. The van der Waals surface area contributed by atoms with E-state index in [4.69, 9.17) is 4.74 Å². The zero-order chi connectivity index (χ0) is 22.9. The first kappa shape index (κ1) is 21.8. The molecule has 4 aromatic rings. The molecule has 0 radical (unpaired) electrons. The summed E-state index contributed by atoms with van der Waals surface area (Å²) in [5.41, 5.74) is 0.221. The van der Waals surface area contributed by atoms with Crippen LogP contribution in [0.2, 0.25) is 0 Å². The Labute approximate surface area is 196 Å². The second-order valence-electron chi connectivity index (χ2n) is 7.58. The lowest BCUT2D eigenvalue weighted by Crippen LogP contribution is -2.43. The number of halogens is 1. The molecule has 11 heteroatoms. The predicted octanol–water partition coefficient (Wildman–Crippen LogP) is 4.54. The number of nitro benzene ring substituents is 1. The van der Waals surface area contributed by atoms with Crippen molar-refractivity contribution in [1.29, 1.82) is 0 Å². The van der Waals surface area contributed by atoms with Crippen LogP contribution in [0.1, 0.15) is 9.67 Å². The van der Waals surface area contributed by atoms with Gasteiger partial charge in [0.05, 0.1) is 27.7 Å². The summed E-state index contributed by atoms with van der Waals surface area (Å²) in [5, 5.41) is 12.2. The third-order valence-corrected chi connectivity index (χ3v) is 7.65. The molecule has 0 saturated carbocycles. The van der Waals surface area contributed by atoms with E-state index in [-0.39, 0.29) is 17.1 Å². The molecule has 2 aromatic heterocycles. The second-order valence-corrected chi connectivity index (χ2v) is 9.68. The molecule has 0 spiro atoms. The Morgan fingerprint density at radius 3 is 2.76 bits per heavy atom. The average Bonchev–Trinajstić information content (AvgIpc) is 3.44. The third-order valence-electron chi connectivity index (χ3n) is 5.50. The first-order chi connectivity index (χ1) is 16.0. The van der Waals surface area contributed by atoms with Gasteiger partial charge in [-0.3, -0.25) is 24.7 Å². The Hall–Kier alpha value is -2.99. The van der Waals surface area contributed by atoms with E-state index in [1.54, 1.807) is 29.2 Å². The molecule has 0 aliphatic carbocycles. The fraction of sp³-hybridized carbons (Fsp3) is 0.273. The topological polar surface area (TPSA) is 88.8 Å². The molecule has 33 heavy (non-hydrogen) atoms. The van der Waals surface area contributed by atoms with Gasteiger partial charge < -0.3 is 4.74 Å². The predicted molar refractivity (Wildman–Crippen MR) is 127 cm³/mol. The van der Waals surface area contributed by atoms with Crippen LogP contribution in [0.15, 0.2) is 42.5 Å². The number of carbonyl (C=O) groups excluding carboxylic acids is 1. The van der Waals surface area contributed by atoms with Gasteiger partial charge in [-0.25, -0.2) is 9.37 Å². The minimum absolute atomic E-state index is 0.0230. The maximum absolute atomic E-state index is 14.3. The Kier molecular flexibility index (Phi) is 6.02. The van der Waals surface area contributed by atoms with Crippen molar-refractivity contribution in [2.45, 2.75) is 0 Å². The van der Waals surface area contributed by atoms with Crippen LogP contribution >= 0.6 is 22.7 Å². The van der Waals surface area contributed by atoms with Crippen molar-refractivity contribution in [3.8, 4) is 0 Å². The van der Waals surface area contributed by atoms with Gasteiger partial charge in [0.2, 0.25) is 0 Å². The van der Waals surface area contributed by atoms with Crippen LogP contribution < -0.4 is 4.90 Å². The minimum Gasteiger partial charge on any atom is -0.379 e. The van der Waals surface area contributed by atoms with Gasteiger partial charge >= 0.3 is 0 Å². The van der Waals surface area contributed by atoms with Crippen LogP contribution in [0.3, 0.4) is 0 Å². The van der Waals surface area contributed by atoms with Crippen LogP contribution in [0.5, 0.6) is 0 Å². The molecule has 1 aliphatic heterocycles. The summed E-state index contributed by atoms with van der Waals surface area (Å²) < 4.78 is 21.1. The largest absolute Gasteiger partial charge is 0.379 e. The summed E-state index contributed by atoms with van der Waals surface area (Å²) in [6.45, 7) is 3.87. The fourth-order valence-corrected chi connectivity index (χ4v) is 5.75. The molecule has 0 unspecified atom stereocenters. The lowest BCUT2D eigenvalue weighted by atomic mass is 10.2. The van der Waals surface area contributed by atoms with Gasteiger partial charge in [0.25, 0.3) is 11.6 Å². The summed E-state index contributed by atoms with van der Waals surface area (Å²) in [7, 11) is 0. The van der Waals surface area contributed by atoms with E-state index in [0.29, 0.717) is 46.4 Å². The fourth-order valence-electron chi connectivity index (χ4n) is 3.75. The van der Waals surface area contributed by atoms with E-state index in [1.807, 2.05) is 0 Å². The number of non-ortho nitro benzene ring substituents is 1. The number of thiophene rings is 1. The van der Waals surface area contributed by atoms with Crippen molar-refractivity contribution < 1.29 is 18.8 Å². The first-order valence-corrected chi connectivity index (χ1v) is 12.0. The summed E-state index contributed by atoms with van der Waals surface area (Å²) in [6, 6.07) is 11.0. The molecule has 0 bridgehead atoms. The number of benzene rings is 2. The number of aromatic nitrogens is 1. The SMILES string of the molecule is O=C(c1cc2cc([N+](=O)[O-])ccc2s1)N(CCN1CCOCC1)c1nc2c(F)cccc2s1. The van der Waals surface area contributed by atoms with Crippen LogP contribution in [0.4, 0.5) is 15.2 Å². The van der Waals surface area contributed by atoms with Gasteiger partial charge in [-0.05, 0) is 24.3 Å². The number of rotatable bonds is 6. The lowest BCUT2D eigenvalue weighted by molar-refractivity contribution is -0.384. The number of carbonyl (C=O) groups is 1. The first-order valence-electron chi connectivity index (χ1n) is 10.3. The molecule has 1 fully saturated rings. The lowest BCUT2D eigenvalue weighted by Gasteiger charge is -2.29. The molecule has 170 valence electrons. The van der Waals surface area contributed by atoms with Crippen molar-refractivity contribution in [3.05, 3.63) is 63.3 Å². The van der Waals surface area contributed by atoms with Crippen LogP contribution in [0.25, 0.3) is 20.3 Å². The molecule has 8 nitrogen and oxygen atoms in total. The highest BCUT2D eigenvalue weighted by molar-refractivity contribution is 7.23. The average molecular weight is 487 g/mol. The molecule has 1 aliphatic rings. The Morgan fingerprint density at radius 2 is 2.00 bits per heavy atom. The number of nitro groups is 1. The minimum atomic E-state index is -0.455. The molecule has 1 saturated heterocycles. The van der Waals surface area contributed by atoms with Crippen molar-refractivity contribution in [2.24, 2.45) is 0 Å². The molecule has 3 heterocycles. The standard InChI is InChI=1S/C22H19FN4O4S2/c23-16-2-1-3-18-20(16)24-22(33-18)26(7-6-25-8-10-31-11-9-25)21(28)19-13-14-12-15(27(29)30)4-5-17(14)32-19/h1-5,12-13H,6-11H2. The number of hydrogen-bond donors (Lipinski definition) is 0. The number of morpholine rings is 1. The van der Waals surface area contributed by atoms with Crippen LogP contribution in [0, 0.1) is 15.9 Å². The zero-order valence-electron chi connectivity index (χ0n) is 17.4. The Balaban J connectivity index is 1.49. The molecule has 1 amide bonds. The van der Waals surface area contributed by atoms with Gasteiger partial charge in [0.15, 0.2) is 5.13 Å². The molecule has 0 atom stereocenters. The van der Waals surface area contributed by atoms with Crippen molar-refractivity contribution in [2.75, 3.05) is 44.3 Å². The number of ether oxygens (including phenoxy) is 1. The van der Waals surface area contributed by atoms with Crippen molar-refractivity contribution in [1.82, 2.24) is 9.88 Å². The highest BCUT2D eigenvalue weighted by Crippen LogP contribution is 2.34. The summed E-state index contributed by atoms with van der Waals surface area (Å²) in [6.07, 6.45) is 0. The van der Waals surface area contributed by atoms with E-state index in [0.717, 1.165) is 17.8 Å². The number of nitrogens with zero attached hydrogens (tertiary/aromatic N) is 4. The van der Waals surface area contributed by atoms with Gasteiger partial charge in [-0.15, -0.1) is 11.3 Å². The highest BCUT2D eigenvalue weighted by atomic mass is 32.1. The molecular formula is C22H19FN4O4S2. The normalized spacial score (nSPS) is 14.7. The Morgan fingerprint density at radius 1 is 1.18 bits per heavy atom. The van der Waals surface area contributed by atoms with E-state index in [2.05, 4.69) is 9.88 Å². The summed E-state index contributed by atoms with van der Waals surface area (Å²) >= 11 is 2.54. The van der Waals surface area contributed by atoms with Crippen LogP contribution in [-0.2, 0) is 4.74 Å². The van der Waals surface area contributed by atoms with Gasteiger partial charge in [-0.2, -0.15) is 0 Å². The number of thiazole rings is 1. The number of amides is 1. The number of anilines is 1. The highest BCUT2D eigenvalue weighted by Gasteiger charge is 2.25. The van der Waals surface area contributed by atoms with E-state index >= 15 is 0 Å². The maximum Gasteiger partial charge on any atom is 0.270 e. The van der Waals surface area contributed by atoms with Crippen molar-refractivity contribution in [3.63, 3.8) is 0 Å². The quantitative estimate of drug-likeness (QED) is 0.294. The zero-order valence-corrected chi connectivity index (χ0v) is 19.0. The van der Waals surface area contributed by atoms with Gasteiger partial charge in [0, 0.05) is 48.4 Å². The van der Waals surface area contributed by atoms with Gasteiger partial charge in [0.1, 0.15) is 11.3 Å². The van der Waals surface area contributed by atoms with Crippen LogP contribution in [-0.4, -0.2) is 60.1 Å². The summed E-state index contributed by atoms with van der Waals surface area (Å²) in [4.78, 5) is 32.9. The summed E-state index contributed by atoms with van der Waals surface area (Å²) in [5.74, 6) is -0.684. The smallest absolute Gasteiger partial charge is 0.270 e. The monoisotopic (exact) mass is 486 g/mol. The molecule has 2 aromatic carbocycles. The molecule has 0 N–H and O–H groups in total. The van der Waals surface area contributed by atoms with E-state index in [9.17, 15) is 19.3 Å². The maximum atomic E-state index is 14.3. The molecular weight excluding hydrogens is 467 g/mol. The third kappa shape index (κ3) is 4.44. The number of para-hydroxylation sites is 1. The molecule has 5 rings (SSSR count). The van der Waals surface area contributed by atoms with E-state index in [1.165, 1.54) is 40.9 Å². The Bertz CT molecular complexity index is 1350. The second kappa shape index (κ2) is 9.10. The van der Waals surface area contributed by atoms with Crippen molar-refractivity contribution >= 4 is 59.7 Å². The van der Waals surface area contributed by atoms with Gasteiger partial charge in [-0.1, -0.05) is 17.4 Å².